The number of benzene rings is 1. The van der Waals surface area contributed by atoms with E-state index in [1.807, 2.05) is 31.4 Å². The largest absolute Gasteiger partial charge is 0.443 e. The van der Waals surface area contributed by atoms with Gasteiger partial charge in [0.1, 0.15) is 5.60 Å². The summed E-state index contributed by atoms with van der Waals surface area (Å²) >= 11 is 0. The molecule has 2 aliphatic heterocycles. The Balaban J connectivity index is 1.62. The van der Waals surface area contributed by atoms with Gasteiger partial charge in [0, 0.05) is 18.5 Å². The molecule has 3 heterocycles. The summed E-state index contributed by atoms with van der Waals surface area (Å²) < 4.78 is 7.76. The van der Waals surface area contributed by atoms with Crippen molar-refractivity contribution in [3.8, 4) is 0 Å². The highest BCUT2D eigenvalue weighted by Crippen LogP contribution is 2.48. The van der Waals surface area contributed by atoms with Crippen molar-refractivity contribution < 1.29 is 9.53 Å². The predicted molar refractivity (Wildman–Crippen MR) is 112 cm³/mol. The fourth-order valence-electron chi connectivity index (χ4n) is 5.93. The summed E-state index contributed by atoms with van der Waals surface area (Å²) in [6.07, 6.45) is 7.50. The molecule has 2 fully saturated rings. The molecule has 0 unspecified atom stereocenters. The number of ether oxygens (including phenoxy) is 1. The first-order chi connectivity index (χ1) is 13.4. The van der Waals surface area contributed by atoms with E-state index in [4.69, 9.17) is 4.74 Å². The predicted octanol–water partition coefficient (Wildman–Crippen LogP) is 5.53. The molecule has 5 rings (SSSR count). The van der Waals surface area contributed by atoms with Crippen molar-refractivity contribution in [3.63, 3.8) is 0 Å². The average Bonchev–Trinajstić information content (AvgIpc) is 3.00. The van der Waals surface area contributed by atoms with Crippen molar-refractivity contribution in [3.05, 3.63) is 35.5 Å². The molecule has 3 aliphatic rings. The highest BCUT2D eigenvalue weighted by atomic mass is 16.6. The number of piperidine rings is 1. The van der Waals surface area contributed by atoms with E-state index in [1.54, 1.807) is 0 Å². The molecule has 1 saturated heterocycles. The van der Waals surface area contributed by atoms with Crippen LogP contribution >= 0.6 is 0 Å². The molecule has 1 aromatic heterocycles. The second-order valence-corrected chi connectivity index (χ2v) is 10.00. The maximum absolute atomic E-state index is 13.3. The van der Waals surface area contributed by atoms with Gasteiger partial charge >= 0.3 is 6.09 Å². The third-order valence-electron chi connectivity index (χ3n) is 7.06. The zero-order chi connectivity index (χ0) is 19.5. The number of rotatable bonds is 0. The van der Waals surface area contributed by atoms with Gasteiger partial charge < -0.3 is 4.74 Å². The van der Waals surface area contributed by atoms with Crippen LogP contribution in [0.15, 0.2) is 24.3 Å². The van der Waals surface area contributed by atoms with E-state index in [0.717, 1.165) is 30.3 Å². The molecule has 4 heteroatoms. The monoisotopic (exact) mass is 380 g/mol. The fourth-order valence-corrected chi connectivity index (χ4v) is 5.93. The van der Waals surface area contributed by atoms with Crippen LogP contribution in [0.4, 0.5) is 4.79 Å². The quantitative estimate of drug-likeness (QED) is 0.602. The highest BCUT2D eigenvalue weighted by Gasteiger charge is 2.42. The minimum Gasteiger partial charge on any atom is -0.443 e. The van der Waals surface area contributed by atoms with Gasteiger partial charge in [0.2, 0.25) is 0 Å². The van der Waals surface area contributed by atoms with E-state index in [9.17, 15) is 4.79 Å². The number of fused-ring (bicyclic) bond motifs is 6. The number of hydrogen-bond acceptors (Lipinski definition) is 3. The molecule has 1 aromatic carbocycles. The second kappa shape index (κ2) is 6.62. The lowest BCUT2D eigenvalue weighted by Crippen LogP contribution is -2.47. The summed E-state index contributed by atoms with van der Waals surface area (Å²) in [5.74, 6) is 1.66. The zero-order valence-electron chi connectivity index (χ0n) is 17.4. The van der Waals surface area contributed by atoms with Crippen LogP contribution in [0.1, 0.15) is 70.2 Å². The van der Waals surface area contributed by atoms with Gasteiger partial charge in [0.15, 0.2) is 0 Å². The maximum Gasteiger partial charge on any atom is 0.419 e. The molecule has 3 atom stereocenters. The molecule has 0 spiro atoms. The molecule has 0 radical (unpaired) electrons. The molecule has 1 saturated carbocycles. The minimum absolute atomic E-state index is 0.224. The van der Waals surface area contributed by atoms with Gasteiger partial charge in [0.05, 0.1) is 17.3 Å². The number of nitrogens with zero attached hydrogens (tertiary/aromatic N) is 2. The third-order valence-corrected chi connectivity index (χ3v) is 7.06. The normalized spacial score (nSPS) is 27.8. The van der Waals surface area contributed by atoms with Crippen molar-refractivity contribution in [1.82, 2.24) is 9.47 Å². The molecule has 2 aromatic rings. The summed E-state index contributed by atoms with van der Waals surface area (Å²) in [6.45, 7) is 8.15. The standard InChI is InChI=1S/C24H32N2O2/c1-24(2,3)28-23(27)26-20-11-7-6-10-18(20)19-12-13-25-15-17-9-5-4-8-16(17)14-21(25)22(19)26/h6-7,10-11,16-17,21H,4-5,8-9,12-15H2,1-3H3/t16-,17+,21+/m0/s1. The van der Waals surface area contributed by atoms with Crippen LogP contribution < -0.4 is 0 Å². The number of hydrogen-bond donors (Lipinski definition) is 0. The van der Waals surface area contributed by atoms with E-state index in [-0.39, 0.29) is 6.09 Å². The Morgan fingerprint density at radius 1 is 1.11 bits per heavy atom. The van der Waals surface area contributed by atoms with Gasteiger partial charge in [-0.1, -0.05) is 37.5 Å². The second-order valence-electron chi connectivity index (χ2n) is 10.00. The summed E-state index contributed by atoms with van der Waals surface area (Å²) in [5, 5.41) is 1.23. The molecular formula is C24H32N2O2. The van der Waals surface area contributed by atoms with E-state index in [2.05, 4.69) is 23.1 Å². The van der Waals surface area contributed by atoms with E-state index < -0.39 is 5.60 Å². The van der Waals surface area contributed by atoms with Crippen molar-refractivity contribution in [2.75, 3.05) is 13.1 Å². The first-order valence-electron chi connectivity index (χ1n) is 11.0. The molecule has 0 bridgehead atoms. The van der Waals surface area contributed by atoms with Gasteiger partial charge in [-0.05, 0) is 63.5 Å². The zero-order valence-corrected chi connectivity index (χ0v) is 17.4. The van der Waals surface area contributed by atoms with Crippen molar-refractivity contribution in [2.45, 2.75) is 70.9 Å². The molecule has 150 valence electrons. The van der Waals surface area contributed by atoms with Crippen LogP contribution in [-0.2, 0) is 11.2 Å². The van der Waals surface area contributed by atoms with Crippen LogP contribution in [-0.4, -0.2) is 34.3 Å². The van der Waals surface area contributed by atoms with Crippen LogP contribution in [0, 0.1) is 11.8 Å². The first-order valence-corrected chi connectivity index (χ1v) is 11.0. The summed E-state index contributed by atoms with van der Waals surface area (Å²) in [5.41, 5.74) is 3.10. The van der Waals surface area contributed by atoms with Crippen LogP contribution in [0.2, 0.25) is 0 Å². The number of carbonyl (C=O) groups is 1. The topological polar surface area (TPSA) is 34.5 Å². The molecule has 1 aliphatic carbocycles. The Morgan fingerprint density at radius 2 is 1.86 bits per heavy atom. The summed E-state index contributed by atoms with van der Waals surface area (Å²) in [6, 6.07) is 8.73. The Kier molecular flexibility index (Phi) is 4.31. The van der Waals surface area contributed by atoms with Gasteiger partial charge in [-0.25, -0.2) is 9.36 Å². The van der Waals surface area contributed by atoms with Crippen molar-refractivity contribution in [2.24, 2.45) is 11.8 Å². The van der Waals surface area contributed by atoms with Crippen molar-refractivity contribution in [1.29, 1.82) is 0 Å². The number of aromatic nitrogens is 1. The van der Waals surface area contributed by atoms with Crippen LogP contribution in [0.3, 0.4) is 0 Å². The Hall–Kier alpha value is -1.81. The van der Waals surface area contributed by atoms with Crippen LogP contribution in [0.25, 0.3) is 10.9 Å². The number of para-hydroxylation sites is 1. The molecule has 0 N–H and O–H groups in total. The lowest BCUT2D eigenvalue weighted by Gasteiger charge is -2.48. The van der Waals surface area contributed by atoms with Gasteiger partial charge in [-0.2, -0.15) is 0 Å². The van der Waals surface area contributed by atoms with E-state index in [1.165, 1.54) is 55.3 Å². The fraction of sp³-hybridized carbons (Fsp3) is 0.625. The van der Waals surface area contributed by atoms with Crippen LogP contribution in [0.5, 0.6) is 0 Å². The van der Waals surface area contributed by atoms with E-state index in [0.29, 0.717) is 6.04 Å². The molecule has 28 heavy (non-hydrogen) atoms. The Morgan fingerprint density at radius 3 is 2.64 bits per heavy atom. The van der Waals surface area contributed by atoms with Crippen molar-refractivity contribution >= 4 is 17.0 Å². The van der Waals surface area contributed by atoms with Gasteiger partial charge in [-0.3, -0.25) is 4.90 Å². The third kappa shape index (κ3) is 2.97. The lowest BCUT2D eigenvalue weighted by molar-refractivity contribution is 0.0255. The Bertz CT molecular complexity index is 907. The first kappa shape index (κ1) is 18.2. The van der Waals surface area contributed by atoms with E-state index >= 15 is 0 Å². The summed E-state index contributed by atoms with van der Waals surface area (Å²) in [7, 11) is 0. The minimum atomic E-state index is -0.495. The average molecular weight is 381 g/mol. The molecular weight excluding hydrogens is 348 g/mol. The van der Waals surface area contributed by atoms with Gasteiger partial charge in [0.25, 0.3) is 0 Å². The summed E-state index contributed by atoms with van der Waals surface area (Å²) in [4.78, 5) is 15.9. The van der Waals surface area contributed by atoms with Gasteiger partial charge in [-0.15, -0.1) is 0 Å². The molecule has 0 amide bonds. The Labute approximate surface area is 167 Å². The molecule has 4 nitrogen and oxygen atoms in total. The highest BCUT2D eigenvalue weighted by molar-refractivity contribution is 5.94. The maximum atomic E-state index is 13.3. The lowest BCUT2D eigenvalue weighted by atomic mass is 9.71. The smallest absolute Gasteiger partial charge is 0.419 e. The SMILES string of the molecule is CC(C)(C)OC(=O)n1c2c(c3ccccc31)CCN1C[C@H]3CCCC[C@H]3C[C@H]21. The number of carbonyl (C=O) groups excluding carboxylic acids is 1.